The quantitative estimate of drug-likeness (QED) is 0.823. The highest BCUT2D eigenvalue weighted by Gasteiger charge is 2.10. The van der Waals surface area contributed by atoms with Crippen LogP contribution < -0.4 is 10.5 Å². The normalized spacial score (nSPS) is 12.6. The molecule has 1 aromatic carbocycles. The van der Waals surface area contributed by atoms with Crippen LogP contribution >= 0.6 is 11.6 Å². The Morgan fingerprint density at radius 1 is 1.53 bits per heavy atom. The van der Waals surface area contributed by atoms with Crippen LogP contribution in [-0.4, -0.2) is 24.9 Å². The zero-order chi connectivity index (χ0) is 11.4. The van der Waals surface area contributed by atoms with Gasteiger partial charge in [-0.2, -0.15) is 0 Å². The summed E-state index contributed by atoms with van der Waals surface area (Å²) in [4.78, 5) is 0. The van der Waals surface area contributed by atoms with Gasteiger partial charge in [0.2, 0.25) is 0 Å². The van der Waals surface area contributed by atoms with E-state index in [4.69, 9.17) is 27.2 Å². The van der Waals surface area contributed by atoms with Crippen molar-refractivity contribution < 1.29 is 9.84 Å². The highest BCUT2D eigenvalue weighted by Crippen LogP contribution is 2.27. The van der Waals surface area contributed by atoms with Crippen molar-refractivity contribution in [1.82, 2.24) is 0 Å². The van der Waals surface area contributed by atoms with E-state index in [0.29, 0.717) is 11.4 Å². The topological polar surface area (TPSA) is 55.5 Å². The Balaban J connectivity index is 2.99. The van der Waals surface area contributed by atoms with Gasteiger partial charge in [-0.15, -0.1) is 0 Å². The Kier molecular flexibility index (Phi) is 4.39. The number of methoxy groups -OCH3 is 1. The van der Waals surface area contributed by atoms with Crippen LogP contribution in [0.25, 0.3) is 0 Å². The Labute approximate surface area is 94.8 Å². The van der Waals surface area contributed by atoms with Crippen LogP contribution in [0.2, 0.25) is 5.02 Å². The summed E-state index contributed by atoms with van der Waals surface area (Å²) < 4.78 is 5.23. The third-order valence-corrected chi connectivity index (χ3v) is 2.69. The van der Waals surface area contributed by atoms with Crippen LogP contribution in [0.1, 0.15) is 11.1 Å². The fraction of sp³-hybridized carbons (Fsp3) is 0.455. The SMILES string of the molecule is COc1cc(C)c(Cl)cc1CC(N)CO. The Morgan fingerprint density at radius 3 is 2.73 bits per heavy atom. The smallest absolute Gasteiger partial charge is 0.122 e. The molecular formula is C11H16ClNO2. The van der Waals surface area contributed by atoms with Gasteiger partial charge in [0.1, 0.15) is 5.75 Å². The first kappa shape index (κ1) is 12.3. The van der Waals surface area contributed by atoms with Gasteiger partial charge in [0.15, 0.2) is 0 Å². The monoisotopic (exact) mass is 229 g/mol. The van der Waals surface area contributed by atoms with Gasteiger partial charge in [0.05, 0.1) is 13.7 Å². The molecule has 0 radical (unpaired) electrons. The number of nitrogens with two attached hydrogens (primary N) is 1. The number of aliphatic hydroxyl groups is 1. The fourth-order valence-electron chi connectivity index (χ4n) is 1.39. The summed E-state index contributed by atoms with van der Waals surface area (Å²) in [5.74, 6) is 0.765. The van der Waals surface area contributed by atoms with Crippen LogP contribution in [0, 0.1) is 6.92 Å². The van der Waals surface area contributed by atoms with Gasteiger partial charge in [-0.1, -0.05) is 11.6 Å². The maximum absolute atomic E-state index is 8.88. The molecule has 0 amide bonds. The predicted molar refractivity (Wildman–Crippen MR) is 61.5 cm³/mol. The number of aliphatic hydroxyl groups excluding tert-OH is 1. The summed E-state index contributed by atoms with van der Waals surface area (Å²) in [6, 6.07) is 3.44. The number of hydrogen-bond donors (Lipinski definition) is 2. The number of ether oxygens (including phenoxy) is 1. The molecule has 1 aromatic rings. The third kappa shape index (κ3) is 3.09. The predicted octanol–water partition coefficient (Wildman–Crippen LogP) is 1.52. The van der Waals surface area contributed by atoms with Crippen LogP contribution in [0.5, 0.6) is 5.75 Å². The lowest BCUT2D eigenvalue weighted by atomic mass is 10.0. The van der Waals surface area contributed by atoms with E-state index < -0.39 is 0 Å². The zero-order valence-electron chi connectivity index (χ0n) is 8.96. The minimum Gasteiger partial charge on any atom is -0.496 e. The molecule has 1 atom stereocenters. The van der Waals surface area contributed by atoms with E-state index in [1.807, 2.05) is 19.1 Å². The van der Waals surface area contributed by atoms with E-state index >= 15 is 0 Å². The maximum atomic E-state index is 8.88. The van der Waals surface area contributed by atoms with Crippen LogP contribution in [-0.2, 0) is 6.42 Å². The zero-order valence-corrected chi connectivity index (χ0v) is 9.71. The van der Waals surface area contributed by atoms with Crippen LogP contribution in [0.3, 0.4) is 0 Å². The maximum Gasteiger partial charge on any atom is 0.122 e. The second-order valence-corrected chi connectivity index (χ2v) is 3.97. The minimum atomic E-state index is -0.280. The Morgan fingerprint density at radius 2 is 2.20 bits per heavy atom. The standard InChI is InChI=1S/C11H16ClNO2/c1-7-3-11(15-2)8(5-10(7)12)4-9(13)6-14/h3,5,9,14H,4,6,13H2,1-2H3. The molecule has 1 unspecified atom stereocenters. The molecule has 0 aliphatic heterocycles. The summed E-state index contributed by atoms with van der Waals surface area (Å²) in [6.07, 6.45) is 0.555. The first-order valence-corrected chi connectivity index (χ1v) is 5.15. The first-order valence-electron chi connectivity index (χ1n) is 4.78. The van der Waals surface area contributed by atoms with Gasteiger partial charge in [-0.25, -0.2) is 0 Å². The molecule has 0 aliphatic rings. The Hall–Kier alpha value is -0.770. The van der Waals surface area contributed by atoms with E-state index in [1.54, 1.807) is 7.11 Å². The lowest BCUT2D eigenvalue weighted by Crippen LogP contribution is -2.27. The molecule has 0 saturated carbocycles. The molecule has 0 heterocycles. The molecule has 3 N–H and O–H groups in total. The second kappa shape index (κ2) is 5.35. The van der Waals surface area contributed by atoms with E-state index in [0.717, 1.165) is 16.9 Å². The lowest BCUT2D eigenvalue weighted by Gasteiger charge is -2.13. The Bertz CT molecular complexity index is 342. The minimum absolute atomic E-state index is 0.0470. The van der Waals surface area contributed by atoms with Crippen molar-refractivity contribution in [2.75, 3.05) is 13.7 Å². The van der Waals surface area contributed by atoms with E-state index in [2.05, 4.69) is 0 Å². The molecule has 15 heavy (non-hydrogen) atoms. The average molecular weight is 230 g/mol. The fourth-order valence-corrected chi connectivity index (χ4v) is 1.58. The van der Waals surface area contributed by atoms with E-state index in [-0.39, 0.29) is 12.6 Å². The van der Waals surface area contributed by atoms with Crippen molar-refractivity contribution in [3.8, 4) is 5.75 Å². The largest absolute Gasteiger partial charge is 0.496 e. The number of halogens is 1. The van der Waals surface area contributed by atoms with Gasteiger partial charge in [-0.05, 0) is 36.6 Å². The number of aryl methyl sites for hydroxylation is 1. The van der Waals surface area contributed by atoms with Gasteiger partial charge in [0, 0.05) is 11.1 Å². The second-order valence-electron chi connectivity index (χ2n) is 3.56. The molecule has 0 saturated heterocycles. The van der Waals surface area contributed by atoms with E-state index in [1.165, 1.54) is 0 Å². The molecule has 4 heteroatoms. The first-order chi connectivity index (χ1) is 7.08. The number of rotatable bonds is 4. The molecule has 0 aromatic heterocycles. The third-order valence-electron chi connectivity index (χ3n) is 2.28. The van der Waals surface area contributed by atoms with Crippen LogP contribution in [0.4, 0.5) is 0 Å². The molecule has 3 nitrogen and oxygen atoms in total. The van der Waals surface area contributed by atoms with Crippen molar-refractivity contribution in [3.05, 3.63) is 28.3 Å². The van der Waals surface area contributed by atoms with Crippen molar-refractivity contribution in [3.63, 3.8) is 0 Å². The van der Waals surface area contributed by atoms with Crippen molar-refractivity contribution in [2.24, 2.45) is 5.73 Å². The summed E-state index contributed by atoms with van der Waals surface area (Å²) in [5.41, 5.74) is 7.56. The lowest BCUT2D eigenvalue weighted by molar-refractivity contribution is 0.264. The van der Waals surface area contributed by atoms with Crippen molar-refractivity contribution >= 4 is 11.6 Å². The van der Waals surface area contributed by atoms with Crippen LogP contribution in [0.15, 0.2) is 12.1 Å². The molecule has 1 rings (SSSR count). The van der Waals surface area contributed by atoms with Gasteiger partial charge in [-0.3, -0.25) is 0 Å². The van der Waals surface area contributed by atoms with Gasteiger partial charge in [0.25, 0.3) is 0 Å². The summed E-state index contributed by atoms with van der Waals surface area (Å²) in [6.45, 7) is 1.87. The highest BCUT2D eigenvalue weighted by atomic mass is 35.5. The number of hydrogen-bond acceptors (Lipinski definition) is 3. The van der Waals surface area contributed by atoms with Gasteiger partial charge < -0.3 is 15.6 Å². The summed E-state index contributed by atoms with van der Waals surface area (Å²) in [5, 5.41) is 9.58. The van der Waals surface area contributed by atoms with Crippen molar-refractivity contribution in [1.29, 1.82) is 0 Å². The average Bonchev–Trinajstić information content (AvgIpc) is 2.22. The molecular weight excluding hydrogens is 214 g/mol. The molecule has 0 spiro atoms. The molecule has 0 aliphatic carbocycles. The number of benzene rings is 1. The summed E-state index contributed by atoms with van der Waals surface area (Å²) >= 11 is 6.01. The summed E-state index contributed by atoms with van der Waals surface area (Å²) in [7, 11) is 1.61. The molecule has 0 fully saturated rings. The highest BCUT2D eigenvalue weighted by molar-refractivity contribution is 6.31. The van der Waals surface area contributed by atoms with Gasteiger partial charge >= 0.3 is 0 Å². The molecule has 84 valence electrons. The van der Waals surface area contributed by atoms with E-state index in [9.17, 15) is 0 Å². The van der Waals surface area contributed by atoms with Crippen molar-refractivity contribution in [2.45, 2.75) is 19.4 Å². The molecule has 0 bridgehead atoms.